The Morgan fingerprint density at radius 3 is 2.58 bits per heavy atom. The molecule has 0 aliphatic heterocycles. The van der Waals surface area contributed by atoms with Crippen LogP contribution >= 0.6 is 0 Å². The molecule has 0 spiro atoms. The molecule has 1 N–H and O–H groups in total. The first-order valence-electron chi connectivity index (χ1n) is 7.33. The highest BCUT2D eigenvalue weighted by atomic mass is 16.5. The number of nitrogens with zero attached hydrogens (tertiary/aromatic N) is 1. The molecule has 4 heteroatoms. The topological polar surface area (TPSA) is 41.6 Å². The predicted octanol–water partition coefficient (Wildman–Crippen LogP) is 2.49. The van der Waals surface area contributed by atoms with Crippen molar-refractivity contribution in [3.05, 3.63) is 0 Å². The second-order valence-electron chi connectivity index (χ2n) is 7.03. The maximum atomic E-state index is 12.2. The molecule has 0 saturated heterocycles. The van der Waals surface area contributed by atoms with Crippen LogP contribution in [-0.4, -0.2) is 44.3 Å². The molecule has 2 bridgehead atoms. The summed E-state index contributed by atoms with van der Waals surface area (Å²) in [4.78, 5) is 13.9. The number of amides is 2. The van der Waals surface area contributed by atoms with Crippen LogP contribution in [0.5, 0.6) is 0 Å². The fourth-order valence-electron chi connectivity index (χ4n) is 4.01. The molecule has 0 aromatic heterocycles. The van der Waals surface area contributed by atoms with Gasteiger partial charge in [0.15, 0.2) is 0 Å². The Balaban J connectivity index is 1.96. The molecule has 0 aromatic rings. The fraction of sp³-hybridized carbons (Fsp3) is 0.933. The van der Waals surface area contributed by atoms with Crippen LogP contribution in [0.25, 0.3) is 0 Å². The van der Waals surface area contributed by atoms with Gasteiger partial charge in [0.1, 0.15) is 0 Å². The molecule has 2 fully saturated rings. The number of likely N-dealkylation sites (N-methyl/N-ethyl adjacent to an activating group) is 1. The number of hydrogen-bond acceptors (Lipinski definition) is 2. The third-order valence-corrected chi connectivity index (χ3v) is 6.07. The van der Waals surface area contributed by atoms with Crippen LogP contribution in [0.2, 0.25) is 0 Å². The third kappa shape index (κ3) is 2.24. The van der Waals surface area contributed by atoms with E-state index in [9.17, 15) is 4.79 Å². The average Bonchev–Trinajstić information content (AvgIpc) is 2.68. The first kappa shape index (κ1) is 14.6. The normalized spacial score (nSPS) is 35.4. The second-order valence-corrected chi connectivity index (χ2v) is 7.03. The molecular weight excluding hydrogens is 240 g/mol. The standard InChI is InChI=1S/C15H28N2O2/c1-14(2)11-6-7-15(14,3)12(10-11)16-13(18)17(4)8-9-19-5/h11-12H,6-10H2,1-5H3,(H,16,18)/t11-,12-,15-/m1/s1. The lowest BCUT2D eigenvalue weighted by molar-refractivity contribution is 0.115. The van der Waals surface area contributed by atoms with Crippen molar-refractivity contribution in [1.29, 1.82) is 0 Å². The van der Waals surface area contributed by atoms with E-state index in [1.165, 1.54) is 12.8 Å². The number of hydrogen-bond donors (Lipinski definition) is 1. The number of carbonyl (C=O) groups excluding carboxylic acids is 1. The number of methoxy groups -OCH3 is 1. The number of ether oxygens (including phenoxy) is 1. The van der Waals surface area contributed by atoms with Crippen molar-refractivity contribution in [2.45, 2.75) is 46.1 Å². The highest BCUT2D eigenvalue weighted by Crippen LogP contribution is 2.65. The summed E-state index contributed by atoms with van der Waals surface area (Å²) in [6.45, 7) is 8.30. The Morgan fingerprint density at radius 2 is 2.11 bits per heavy atom. The van der Waals surface area contributed by atoms with E-state index in [-0.39, 0.29) is 11.4 Å². The molecule has 3 atom stereocenters. The summed E-state index contributed by atoms with van der Waals surface area (Å²) >= 11 is 0. The molecule has 2 aliphatic rings. The smallest absolute Gasteiger partial charge is 0.317 e. The molecule has 0 heterocycles. The van der Waals surface area contributed by atoms with Crippen LogP contribution < -0.4 is 5.32 Å². The summed E-state index contributed by atoms with van der Waals surface area (Å²) in [5, 5.41) is 3.25. The Morgan fingerprint density at radius 1 is 1.42 bits per heavy atom. The largest absolute Gasteiger partial charge is 0.383 e. The molecular formula is C15H28N2O2. The van der Waals surface area contributed by atoms with Gasteiger partial charge in [-0.15, -0.1) is 0 Å². The lowest BCUT2D eigenvalue weighted by atomic mass is 9.69. The molecule has 110 valence electrons. The van der Waals surface area contributed by atoms with Crippen LogP contribution in [0.15, 0.2) is 0 Å². The van der Waals surface area contributed by atoms with Crippen molar-refractivity contribution in [2.24, 2.45) is 16.7 Å². The van der Waals surface area contributed by atoms with Crippen LogP contribution in [-0.2, 0) is 4.74 Å². The third-order valence-electron chi connectivity index (χ3n) is 6.07. The first-order chi connectivity index (χ1) is 8.83. The zero-order valence-corrected chi connectivity index (χ0v) is 13.0. The summed E-state index contributed by atoms with van der Waals surface area (Å²) in [6.07, 6.45) is 3.68. The fourth-order valence-corrected chi connectivity index (χ4v) is 4.01. The van der Waals surface area contributed by atoms with Gasteiger partial charge in [0, 0.05) is 26.7 Å². The molecule has 2 aliphatic carbocycles. The minimum Gasteiger partial charge on any atom is -0.383 e. The maximum absolute atomic E-state index is 12.2. The van der Waals surface area contributed by atoms with Crippen LogP contribution in [0.4, 0.5) is 4.79 Å². The quantitative estimate of drug-likeness (QED) is 0.851. The molecule has 2 saturated carbocycles. The van der Waals surface area contributed by atoms with Crippen molar-refractivity contribution >= 4 is 6.03 Å². The van der Waals surface area contributed by atoms with Crippen molar-refractivity contribution < 1.29 is 9.53 Å². The molecule has 0 radical (unpaired) electrons. The van der Waals surface area contributed by atoms with Gasteiger partial charge in [0.2, 0.25) is 0 Å². The van der Waals surface area contributed by atoms with Gasteiger partial charge in [-0.1, -0.05) is 20.8 Å². The number of rotatable bonds is 4. The lowest BCUT2D eigenvalue weighted by Gasteiger charge is -2.40. The van der Waals surface area contributed by atoms with Gasteiger partial charge in [0.25, 0.3) is 0 Å². The summed E-state index contributed by atoms with van der Waals surface area (Å²) in [7, 11) is 3.49. The minimum absolute atomic E-state index is 0.0339. The molecule has 4 nitrogen and oxygen atoms in total. The van der Waals surface area contributed by atoms with E-state index in [0.29, 0.717) is 24.6 Å². The lowest BCUT2D eigenvalue weighted by Crippen LogP contribution is -2.50. The van der Waals surface area contributed by atoms with E-state index in [2.05, 4.69) is 26.1 Å². The van der Waals surface area contributed by atoms with Gasteiger partial charge >= 0.3 is 6.03 Å². The van der Waals surface area contributed by atoms with E-state index >= 15 is 0 Å². The Bertz CT molecular complexity index is 356. The van der Waals surface area contributed by atoms with Gasteiger partial charge in [-0.2, -0.15) is 0 Å². The zero-order chi connectivity index (χ0) is 14.3. The predicted molar refractivity (Wildman–Crippen MR) is 76.1 cm³/mol. The number of urea groups is 1. The summed E-state index contributed by atoms with van der Waals surface area (Å²) in [6, 6.07) is 0.352. The first-order valence-corrected chi connectivity index (χ1v) is 7.33. The van der Waals surface area contributed by atoms with E-state index in [0.717, 1.165) is 12.3 Å². The van der Waals surface area contributed by atoms with Crippen molar-refractivity contribution in [2.75, 3.05) is 27.3 Å². The maximum Gasteiger partial charge on any atom is 0.317 e. The van der Waals surface area contributed by atoms with Crippen molar-refractivity contribution in [3.63, 3.8) is 0 Å². The second kappa shape index (κ2) is 4.97. The summed E-state index contributed by atoms with van der Waals surface area (Å²) in [5.41, 5.74) is 0.589. The molecule has 0 aromatic carbocycles. The van der Waals surface area contributed by atoms with E-state index in [1.54, 1.807) is 12.0 Å². The van der Waals surface area contributed by atoms with E-state index in [1.807, 2.05) is 7.05 Å². The average molecular weight is 268 g/mol. The number of carbonyl (C=O) groups is 1. The van der Waals surface area contributed by atoms with Crippen molar-refractivity contribution in [3.8, 4) is 0 Å². The SMILES string of the molecule is COCCN(C)C(=O)N[C@@H]1C[C@H]2CC[C@@]1(C)C2(C)C. The Hall–Kier alpha value is -0.770. The summed E-state index contributed by atoms with van der Waals surface area (Å²) in [5.74, 6) is 0.757. The van der Waals surface area contributed by atoms with Gasteiger partial charge in [-0.25, -0.2) is 4.79 Å². The zero-order valence-electron chi connectivity index (χ0n) is 13.0. The summed E-state index contributed by atoms with van der Waals surface area (Å²) < 4.78 is 5.01. The Kier molecular flexibility index (Phi) is 3.83. The minimum atomic E-state index is 0.0339. The van der Waals surface area contributed by atoms with Gasteiger partial charge in [0.05, 0.1) is 6.61 Å². The van der Waals surface area contributed by atoms with Crippen molar-refractivity contribution in [1.82, 2.24) is 10.2 Å². The van der Waals surface area contributed by atoms with Crippen LogP contribution in [0.1, 0.15) is 40.0 Å². The highest BCUT2D eigenvalue weighted by Gasteiger charge is 2.61. The van der Waals surface area contributed by atoms with Gasteiger partial charge in [-0.05, 0) is 36.0 Å². The number of fused-ring (bicyclic) bond motifs is 2. The molecule has 2 amide bonds. The highest BCUT2D eigenvalue weighted by molar-refractivity contribution is 5.74. The van der Waals surface area contributed by atoms with Gasteiger partial charge in [-0.3, -0.25) is 0 Å². The number of nitrogens with one attached hydrogen (secondary N) is 1. The molecule has 0 unspecified atom stereocenters. The van der Waals surface area contributed by atoms with E-state index in [4.69, 9.17) is 4.74 Å². The van der Waals surface area contributed by atoms with E-state index < -0.39 is 0 Å². The molecule has 19 heavy (non-hydrogen) atoms. The molecule has 2 rings (SSSR count). The monoisotopic (exact) mass is 268 g/mol. The Labute approximate surface area is 116 Å². The van der Waals surface area contributed by atoms with Crippen LogP contribution in [0.3, 0.4) is 0 Å². The van der Waals surface area contributed by atoms with Gasteiger partial charge < -0.3 is 15.0 Å². The van der Waals surface area contributed by atoms with Crippen LogP contribution in [0, 0.1) is 16.7 Å².